The predicted octanol–water partition coefficient (Wildman–Crippen LogP) is 0.934. The molecule has 2 heterocycles. The Morgan fingerprint density at radius 1 is 1.37 bits per heavy atom. The predicted molar refractivity (Wildman–Crippen MR) is 71.5 cm³/mol. The van der Waals surface area contributed by atoms with Crippen LogP contribution in [-0.4, -0.2) is 43.6 Å². The topological polar surface area (TPSA) is 74.7 Å². The van der Waals surface area contributed by atoms with Gasteiger partial charge in [-0.05, 0) is 36.6 Å². The molecule has 0 spiro atoms. The molecule has 1 saturated heterocycles. The van der Waals surface area contributed by atoms with E-state index in [-0.39, 0.29) is 17.5 Å². The third-order valence-electron chi connectivity index (χ3n) is 3.91. The molecule has 1 fully saturated rings. The van der Waals surface area contributed by atoms with Crippen LogP contribution in [0.25, 0.3) is 0 Å². The van der Waals surface area contributed by atoms with Gasteiger partial charge in [0.05, 0.1) is 17.1 Å². The molecule has 2 aliphatic rings. The standard InChI is InChI=1S/C13H15NO4S/c15-13(16)10-1-2-12-9(7-10)3-5-14(12)11-4-6-19(17,18)8-11/h1-2,7,11H,3-6,8H2,(H,15,16). The van der Waals surface area contributed by atoms with Gasteiger partial charge in [0.2, 0.25) is 0 Å². The van der Waals surface area contributed by atoms with E-state index in [4.69, 9.17) is 5.11 Å². The van der Waals surface area contributed by atoms with Gasteiger partial charge in [-0.15, -0.1) is 0 Å². The maximum absolute atomic E-state index is 11.5. The molecule has 1 unspecified atom stereocenters. The summed E-state index contributed by atoms with van der Waals surface area (Å²) in [4.78, 5) is 13.0. The molecule has 6 heteroatoms. The molecule has 0 aliphatic carbocycles. The molecule has 0 aromatic heterocycles. The first-order valence-electron chi connectivity index (χ1n) is 6.29. The average Bonchev–Trinajstić information content (AvgIpc) is 2.91. The van der Waals surface area contributed by atoms with Gasteiger partial charge in [-0.25, -0.2) is 13.2 Å². The zero-order valence-corrected chi connectivity index (χ0v) is 11.2. The van der Waals surface area contributed by atoms with E-state index in [2.05, 4.69) is 4.90 Å². The van der Waals surface area contributed by atoms with Crippen LogP contribution in [0.3, 0.4) is 0 Å². The molecule has 0 radical (unpaired) electrons. The fourth-order valence-corrected chi connectivity index (χ4v) is 4.69. The zero-order chi connectivity index (χ0) is 13.6. The van der Waals surface area contributed by atoms with Crippen molar-refractivity contribution in [2.24, 2.45) is 0 Å². The summed E-state index contributed by atoms with van der Waals surface area (Å²) < 4.78 is 23.1. The van der Waals surface area contributed by atoms with E-state index in [0.717, 1.165) is 24.2 Å². The Morgan fingerprint density at radius 3 is 2.79 bits per heavy atom. The largest absolute Gasteiger partial charge is 0.478 e. The van der Waals surface area contributed by atoms with Crippen molar-refractivity contribution in [1.29, 1.82) is 0 Å². The van der Waals surface area contributed by atoms with Crippen molar-refractivity contribution < 1.29 is 18.3 Å². The molecule has 2 aliphatic heterocycles. The van der Waals surface area contributed by atoms with Crippen LogP contribution in [0.1, 0.15) is 22.3 Å². The Morgan fingerprint density at radius 2 is 2.16 bits per heavy atom. The van der Waals surface area contributed by atoms with Gasteiger partial charge in [-0.1, -0.05) is 0 Å². The summed E-state index contributed by atoms with van der Waals surface area (Å²) in [5.41, 5.74) is 2.29. The molecule has 19 heavy (non-hydrogen) atoms. The fourth-order valence-electron chi connectivity index (χ4n) is 2.96. The number of hydrogen-bond acceptors (Lipinski definition) is 4. The first-order valence-corrected chi connectivity index (χ1v) is 8.12. The molecule has 1 atom stereocenters. The first kappa shape index (κ1) is 12.5. The molecule has 1 aromatic carbocycles. The van der Waals surface area contributed by atoms with Crippen molar-refractivity contribution in [3.8, 4) is 0 Å². The number of fused-ring (bicyclic) bond motifs is 1. The lowest BCUT2D eigenvalue weighted by Crippen LogP contribution is -2.34. The second-order valence-electron chi connectivity index (χ2n) is 5.15. The van der Waals surface area contributed by atoms with Crippen molar-refractivity contribution in [3.05, 3.63) is 29.3 Å². The number of carboxylic acids is 1. The van der Waals surface area contributed by atoms with Gasteiger partial charge in [-0.2, -0.15) is 0 Å². The number of anilines is 1. The van der Waals surface area contributed by atoms with Crippen LogP contribution >= 0.6 is 0 Å². The van der Waals surface area contributed by atoms with Crippen LogP contribution in [-0.2, 0) is 16.3 Å². The monoisotopic (exact) mass is 281 g/mol. The number of nitrogens with zero attached hydrogens (tertiary/aromatic N) is 1. The lowest BCUT2D eigenvalue weighted by Gasteiger charge is -2.25. The number of hydrogen-bond donors (Lipinski definition) is 1. The Kier molecular flexibility index (Phi) is 2.78. The van der Waals surface area contributed by atoms with Crippen LogP contribution < -0.4 is 4.90 Å². The quantitative estimate of drug-likeness (QED) is 0.873. The number of carbonyl (C=O) groups is 1. The molecule has 1 N–H and O–H groups in total. The summed E-state index contributed by atoms with van der Waals surface area (Å²) in [7, 11) is -2.89. The number of sulfone groups is 1. The zero-order valence-electron chi connectivity index (χ0n) is 10.4. The van der Waals surface area contributed by atoms with E-state index >= 15 is 0 Å². The minimum atomic E-state index is -2.89. The van der Waals surface area contributed by atoms with Crippen LogP contribution in [0, 0.1) is 0 Å². The Hall–Kier alpha value is -1.56. The summed E-state index contributed by atoms with van der Waals surface area (Å²) in [5, 5.41) is 8.97. The fraction of sp³-hybridized carbons (Fsp3) is 0.462. The van der Waals surface area contributed by atoms with Gasteiger partial charge in [-0.3, -0.25) is 0 Å². The van der Waals surface area contributed by atoms with E-state index < -0.39 is 15.8 Å². The van der Waals surface area contributed by atoms with Gasteiger partial charge in [0.25, 0.3) is 0 Å². The average molecular weight is 281 g/mol. The summed E-state index contributed by atoms with van der Waals surface area (Å²) >= 11 is 0. The van der Waals surface area contributed by atoms with Crippen molar-refractivity contribution in [2.75, 3.05) is 23.0 Å². The maximum Gasteiger partial charge on any atom is 0.335 e. The van der Waals surface area contributed by atoms with Crippen LogP contribution in [0.5, 0.6) is 0 Å². The minimum Gasteiger partial charge on any atom is -0.478 e. The van der Waals surface area contributed by atoms with Crippen molar-refractivity contribution in [1.82, 2.24) is 0 Å². The van der Waals surface area contributed by atoms with E-state index in [1.54, 1.807) is 18.2 Å². The Balaban J connectivity index is 1.89. The van der Waals surface area contributed by atoms with Crippen LogP contribution in [0.2, 0.25) is 0 Å². The lowest BCUT2D eigenvalue weighted by molar-refractivity contribution is 0.0697. The third-order valence-corrected chi connectivity index (χ3v) is 5.66. The minimum absolute atomic E-state index is 0.0435. The summed E-state index contributed by atoms with van der Waals surface area (Å²) in [6.45, 7) is 0.776. The van der Waals surface area contributed by atoms with Gasteiger partial charge in [0.1, 0.15) is 0 Å². The third kappa shape index (κ3) is 2.20. The van der Waals surface area contributed by atoms with Crippen molar-refractivity contribution in [3.63, 3.8) is 0 Å². The number of carboxylic acid groups (broad SMARTS) is 1. The van der Waals surface area contributed by atoms with E-state index in [0.29, 0.717) is 12.0 Å². The summed E-state index contributed by atoms with van der Waals surface area (Å²) in [6.07, 6.45) is 1.45. The van der Waals surface area contributed by atoms with Gasteiger partial charge < -0.3 is 10.0 Å². The number of benzene rings is 1. The van der Waals surface area contributed by atoms with Gasteiger partial charge in [0.15, 0.2) is 9.84 Å². The smallest absolute Gasteiger partial charge is 0.335 e. The number of aromatic carboxylic acids is 1. The van der Waals surface area contributed by atoms with Gasteiger partial charge in [0, 0.05) is 18.3 Å². The molecule has 102 valence electrons. The first-order chi connectivity index (χ1) is 8.96. The Bertz CT molecular complexity index is 638. The highest BCUT2D eigenvalue weighted by Crippen LogP contribution is 2.33. The maximum atomic E-state index is 11.5. The molecule has 1 aromatic rings. The molecule has 5 nitrogen and oxygen atoms in total. The highest BCUT2D eigenvalue weighted by molar-refractivity contribution is 7.91. The molecule has 0 amide bonds. The Labute approximate surface area is 111 Å². The number of rotatable bonds is 2. The lowest BCUT2D eigenvalue weighted by atomic mass is 10.1. The molecule has 0 bridgehead atoms. The van der Waals surface area contributed by atoms with Gasteiger partial charge >= 0.3 is 5.97 Å². The highest BCUT2D eigenvalue weighted by Gasteiger charge is 2.35. The summed E-state index contributed by atoms with van der Waals surface area (Å²) in [6, 6.07) is 5.13. The SMILES string of the molecule is O=C(O)c1ccc2c(c1)CCN2C1CCS(=O)(=O)C1. The normalized spacial score (nSPS) is 24.4. The van der Waals surface area contributed by atoms with Crippen molar-refractivity contribution >= 4 is 21.5 Å². The molecular formula is C13H15NO4S. The van der Waals surface area contributed by atoms with Crippen LogP contribution in [0.4, 0.5) is 5.69 Å². The van der Waals surface area contributed by atoms with E-state index in [1.807, 2.05) is 0 Å². The molecule has 0 saturated carbocycles. The van der Waals surface area contributed by atoms with Crippen molar-refractivity contribution in [2.45, 2.75) is 18.9 Å². The molecular weight excluding hydrogens is 266 g/mol. The van der Waals surface area contributed by atoms with E-state index in [9.17, 15) is 13.2 Å². The highest BCUT2D eigenvalue weighted by atomic mass is 32.2. The molecule has 3 rings (SSSR count). The van der Waals surface area contributed by atoms with Crippen LogP contribution in [0.15, 0.2) is 18.2 Å². The second kappa shape index (κ2) is 4.23. The van der Waals surface area contributed by atoms with E-state index in [1.165, 1.54) is 0 Å². The second-order valence-corrected chi connectivity index (χ2v) is 7.38. The summed E-state index contributed by atoms with van der Waals surface area (Å²) in [5.74, 6) is -0.450.